The Morgan fingerprint density at radius 2 is 2.14 bits per heavy atom. The summed E-state index contributed by atoms with van der Waals surface area (Å²) in [5.41, 5.74) is 8.41. The summed E-state index contributed by atoms with van der Waals surface area (Å²) in [6, 6.07) is 4.19. The first kappa shape index (κ1) is 13.5. The van der Waals surface area contributed by atoms with E-state index in [4.69, 9.17) is 20.2 Å². The minimum atomic E-state index is 0.139. The van der Waals surface area contributed by atoms with Crippen LogP contribution in [0.3, 0.4) is 0 Å². The predicted molar refractivity (Wildman–Crippen MR) is 86.1 cm³/mol. The van der Waals surface area contributed by atoms with Gasteiger partial charge in [-0.3, -0.25) is 0 Å². The van der Waals surface area contributed by atoms with Gasteiger partial charge in [0.2, 0.25) is 0 Å². The van der Waals surface area contributed by atoms with Gasteiger partial charge >= 0.3 is 0 Å². The van der Waals surface area contributed by atoms with E-state index >= 15 is 0 Å². The second-order valence-electron chi connectivity index (χ2n) is 5.31. The Labute approximate surface area is 135 Å². The van der Waals surface area contributed by atoms with Crippen molar-refractivity contribution in [2.24, 2.45) is 5.73 Å². The molecule has 110 valence electrons. The number of aryl methyl sites for hydroxylation is 1. The van der Waals surface area contributed by atoms with Gasteiger partial charge < -0.3 is 15.2 Å². The number of nitrogens with zero attached hydrogens (tertiary/aromatic N) is 1. The molecule has 0 spiro atoms. The first-order valence-electron chi connectivity index (χ1n) is 7.07. The summed E-state index contributed by atoms with van der Waals surface area (Å²) in [5.74, 6) is 1.56. The second-order valence-corrected chi connectivity index (χ2v) is 7.20. The van der Waals surface area contributed by atoms with Crippen LogP contribution in [0.2, 0.25) is 0 Å². The fraction of sp³-hybridized carbons (Fsp3) is 0.400. The predicted octanol–water partition coefficient (Wildman–Crippen LogP) is 3.68. The van der Waals surface area contributed by atoms with E-state index in [1.807, 2.05) is 12.1 Å². The van der Waals surface area contributed by atoms with Crippen LogP contribution in [-0.4, -0.2) is 18.2 Å². The minimum absolute atomic E-state index is 0.139. The van der Waals surface area contributed by atoms with Crippen molar-refractivity contribution in [1.29, 1.82) is 0 Å². The monoisotopic (exact) mass is 366 g/mol. The highest BCUT2D eigenvalue weighted by Crippen LogP contribution is 2.43. The molecule has 21 heavy (non-hydrogen) atoms. The Kier molecular flexibility index (Phi) is 3.40. The quantitative estimate of drug-likeness (QED) is 0.836. The summed E-state index contributed by atoms with van der Waals surface area (Å²) in [7, 11) is 0. The van der Waals surface area contributed by atoms with E-state index in [9.17, 15) is 0 Å². The van der Waals surface area contributed by atoms with Crippen molar-refractivity contribution in [3.63, 3.8) is 0 Å². The molecule has 1 atom stereocenters. The largest absolute Gasteiger partial charge is 0.486 e. The highest BCUT2D eigenvalue weighted by Gasteiger charge is 2.24. The lowest BCUT2D eigenvalue weighted by Gasteiger charge is -2.20. The molecule has 0 amide bonds. The number of halogens is 1. The summed E-state index contributed by atoms with van der Waals surface area (Å²) >= 11 is 5.26. The van der Waals surface area contributed by atoms with Gasteiger partial charge in [0, 0.05) is 16.5 Å². The molecule has 1 aliphatic carbocycles. The topological polar surface area (TPSA) is 57.4 Å². The van der Waals surface area contributed by atoms with Crippen LogP contribution in [0.15, 0.2) is 16.6 Å². The van der Waals surface area contributed by atoms with Crippen LogP contribution in [0.1, 0.15) is 29.5 Å². The van der Waals surface area contributed by atoms with E-state index in [1.54, 1.807) is 11.3 Å². The van der Waals surface area contributed by atoms with Crippen molar-refractivity contribution in [2.45, 2.75) is 25.3 Å². The third-order valence-corrected chi connectivity index (χ3v) is 5.70. The summed E-state index contributed by atoms with van der Waals surface area (Å²) in [6.45, 7) is 1.17. The average Bonchev–Trinajstić information content (AvgIpc) is 2.93. The lowest BCUT2D eigenvalue weighted by molar-refractivity contribution is 0.170. The normalized spacial score (nSPS) is 20.2. The molecule has 2 heterocycles. The van der Waals surface area contributed by atoms with Crippen LogP contribution in [0.4, 0.5) is 0 Å². The molecule has 0 bridgehead atoms. The molecule has 4 rings (SSSR count). The molecule has 1 aromatic carbocycles. The molecule has 0 saturated carbocycles. The molecule has 0 radical (unpaired) electrons. The van der Waals surface area contributed by atoms with E-state index in [-0.39, 0.29) is 6.04 Å². The lowest BCUT2D eigenvalue weighted by Crippen LogP contribution is -2.15. The summed E-state index contributed by atoms with van der Waals surface area (Å²) < 4.78 is 12.2. The standard InChI is InChI=1S/C15H15BrN2O2S/c16-9-6-8(7-12-13(9)20-5-4-19-12)15-18-11-3-1-2-10(17)14(11)21-15/h6-7,10H,1-5,17H2. The van der Waals surface area contributed by atoms with Crippen molar-refractivity contribution in [3.05, 3.63) is 27.2 Å². The fourth-order valence-corrected chi connectivity index (χ4v) is 4.50. The Hall–Kier alpha value is -1.11. The zero-order valence-electron chi connectivity index (χ0n) is 11.4. The molecule has 2 aromatic rings. The maximum Gasteiger partial charge on any atom is 0.175 e. The number of aromatic nitrogens is 1. The molecule has 2 aliphatic rings. The summed E-state index contributed by atoms with van der Waals surface area (Å²) in [4.78, 5) is 6.02. The first-order chi connectivity index (χ1) is 10.2. The molecule has 0 fully saturated rings. The summed E-state index contributed by atoms with van der Waals surface area (Å²) in [5, 5.41) is 1.01. The average molecular weight is 367 g/mol. The van der Waals surface area contributed by atoms with Crippen LogP contribution in [0.5, 0.6) is 11.5 Å². The van der Waals surface area contributed by atoms with Crippen molar-refractivity contribution in [2.75, 3.05) is 13.2 Å². The van der Waals surface area contributed by atoms with E-state index in [0.29, 0.717) is 13.2 Å². The third-order valence-electron chi connectivity index (χ3n) is 3.84. The Balaban J connectivity index is 1.78. The van der Waals surface area contributed by atoms with Crippen molar-refractivity contribution >= 4 is 27.3 Å². The van der Waals surface area contributed by atoms with Gasteiger partial charge in [0.15, 0.2) is 11.5 Å². The smallest absolute Gasteiger partial charge is 0.175 e. The Morgan fingerprint density at radius 1 is 1.29 bits per heavy atom. The number of nitrogens with two attached hydrogens (primary N) is 1. The lowest BCUT2D eigenvalue weighted by atomic mass is 9.99. The highest BCUT2D eigenvalue weighted by atomic mass is 79.9. The maximum atomic E-state index is 6.19. The van der Waals surface area contributed by atoms with Crippen LogP contribution in [0, 0.1) is 0 Å². The van der Waals surface area contributed by atoms with Gasteiger partial charge in [-0.15, -0.1) is 11.3 Å². The van der Waals surface area contributed by atoms with E-state index in [1.165, 1.54) is 10.6 Å². The number of hydrogen-bond acceptors (Lipinski definition) is 5. The van der Waals surface area contributed by atoms with Gasteiger partial charge in [-0.05, 0) is 47.3 Å². The fourth-order valence-electron chi connectivity index (χ4n) is 2.81. The van der Waals surface area contributed by atoms with Gasteiger partial charge in [0.25, 0.3) is 0 Å². The van der Waals surface area contributed by atoms with Gasteiger partial charge in [0.1, 0.15) is 18.2 Å². The molecule has 0 saturated heterocycles. The number of ether oxygens (including phenoxy) is 2. The van der Waals surface area contributed by atoms with Gasteiger partial charge in [0.05, 0.1) is 10.2 Å². The highest BCUT2D eigenvalue weighted by molar-refractivity contribution is 9.10. The number of fused-ring (bicyclic) bond motifs is 2. The molecule has 2 N–H and O–H groups in total. The van der Waals surface area contributed by atoms with Crippen molar-refractivity contribution < 1.29 is 9.47 Å². The van der Waals surface area contributed by atoms with Crippen molar-refractivity contribution in [3.8, 4) is 22.1 Å². The van der Waals surface area contributed by atoms with Gasteiger partial charge in [-0.1, -0.05) is 0 Å². The third kappa shape index (κ3) is 2.35. The minimum Gasteiger partial charge on any atom is -0.486 e. The second kappa shape index (κ2) is 5.26. The van der Waals surface area contributed by atoms with E-state index in [2.05, 4.69) is 15.9 Å². The number of rotatable bonds is 1. The molecule has 1 aromatic heterocycles. The Morgan fingerprint density at radius 3 is 3.00 bits per heavy atom. The summed E-state index contributed by atoms with van der Waals surface area (Å²) in [6.07, 6.45) is 3.22. The molecular formula is C15H15BrN2O2S. The van der Waals surface area contributed by atoms with E-state index in [0.717, 1.165) is 45.8 Å². The van der Waals surface area contributed by atoms with E-state index < -0.39 is 0 Å². The van der Waals surface area contributed by atoms with Crippen molar-refractivity contribution in [1.82, 2.24) is 4.98 Å². The molecule has 1 unspecified atom stereocenters. The number of thiazole rings is 1. The maximum absolute atomic E-state index is 6.19. The SMILES string of the molecule is NC1CCCc2nc(-c3cc(Br)c4c(c3)OCCO4)sc21. The number of hydrogen-bond donors (Lipinski definition) is 1. The van der Waals surface area contributed by atoms with Gasteiger partial charge in [-0.25, -0.2) is 4.98 Å². The molecule has 1 aliphatic heterocycles. The zero-order valence-corrected chi connectivity index (χ0v) is 13.8. The van der Waals surface area contributed by atoms with Crippen LogP contribution in [-0.2, 0) is 6.42 Å². The van der Waals surface area contributed by atoms with Crippen LogP contribution < -0.4 is 15.2 Å². The molecule has 6 heteroatoms. The first-order valence-corrected chi connectivity index (χ1v) is 8.68. The zero-order chi connectivity index (χ0) is 14.4. The molecular weight excluding hydrogens is 352 g/mol. The van der Waals surface area contributed by atoms with Crippen LogP contribution in [0.25, 0.3) is 10.6 Å². The Bertz CT molecular complexity index is 701. The number of benzene rings is 1. The van der Waals surface area contributed by atoms with Gasteiger partial charge in [-0.2, -0.15) is 0 Å². The van der Waals surface area contributed by atoms with Crippen LogP contribution >= 0.6 is 27.3 Å². The molecule has 4 nitrogen and oxygen atoms in total.